The van der Waals surface area contributed by atoms with Gasteiger partial charge in [0.05, 0.1) is 18.2 Å². The van der Waals surface area contributed by atoms with Gasteiger partial charge in [0, 0.05) is 0 Å². The smallest absolute Gasteiger partial charge is 0.261 e. The lowest BCUT2D eigenvalue weighted by atomic mass is 10.2. The molecule has 0 amide bonds. The van der Waals surface area contributed by atoms with Crippen molar-refractivity contribution in [2.24, 2.45) is 0 Å². The summed E-state index contributed by atoms with van der Waals surface area (Å²) in [7, 11) is 0. The average Bonchev–Trinajstić information content (AvgIpc) is 2.74. The third-order valence-corrected chi connectivity index (χ3v) is 2.76. The molecule has 0 radical (unpaired) electrons. The van der Waals surface area contributed by atoms with Crippen molar-refractivity contribution in [2.45, 2.75) is 6.92 Å². The second kappa shape index (κ2) is 3.76. The molecule has 2 heterocycles. The van der Waals surface area contributed by atoms with Crippen molar-refractivity contribution >= 4 is 11.0 Å². The van der Waals surface area contributed by atoms with Crippen molar-refractivity contribution in [3.8, 4) is 5.69 Å². The second-order valence-corrected chi connectivity index (χ2v) is 3.96. The molecule has 3 rings (SSSR count). The number of fused-ring (bicyclic) bond motifs is 1. The summed E-state index contributed by atoms with van der Waals surface area (Å²) in [5, 5.41) is 4.53. The van der Waals surface area contributed by atoms with Gasteiger partial charge in [-0.25, -0.2) is 14.1 Å². The summed E-state index contributed by atoms with van der Waals surface area (Å²) in [5.41, 5.74) is 1.63. The molecular weight excluding hydrogens is 235 g/mol. The van der Waals surface area contributed by atoms with Gasteiger partial charge in [-0.1, -0.05) is 0 Å². The maximum absolute atomic E-state index is 13.1. The largest absolute Gasteiger partial charge is 0.312 e. The molecule has 6 heteroatoms. The summed E-state index contributed by atoms with van der Waals surface area (Å²) in [6.07, 6.45) is 2.77. The lowest BCUT2D eigenvalue weighted by Gasteiger charge is -2.06. The Balaban J connectivity index is 2.32. The SMILES string of the molecule is Cc1cc(F)ccc1-n1ncc2c(=O)[nH]cnc21. The molecule has 90 valence electrons. The van der Waals surface area contributed by atoms with E-state index in [4.69, 9.17) is 0 Å². The number of nitrogens with zero attached hydrogens (tertiary/aromatic N) is 3. The minimum Gasteiger partial charge on any atom is -0.312 e. The minimum atomic E-state index is -0.307. The van der Waals surface area contributed by atoms with Gasteiger partial charge in [0.15, 0.2) is 5.65 Å². The molecule has 0 saturated carbocycles. The number of hydrogen-bond acceptors (Lipinski definition) is 3. The van der Waals surface area contributed by atoms with Gasteiger partial charge in [0.2, 0.25) is 0 Å². The number of nitrogens with one attached hydrogen (secondary N) is 1. The van der Waals surface area contributed by atoms with Crippen LogP contribution in [0.4, 0.5) is 4.39 Å². The van der Waals surface area contributed by atoms with Crippen LogP contribution in [-0.2, 0) is 0 Å². The highest BCUT2D eigenvalue weighted by Gasteiger charge is 2.10. The quantitative estimate of drug-likeness (QED) is 0.706. The first-order valence-electron chi connectivity index (χ1n) is 5.35. The Morgan fingerprint density at radius 2 is 2.22 bits per heavy atom. The Labute approximate surface area is 101 Å². The number of aromatic amines is 1. The highest BCUT2D eigenvalue weighted by molar-refractivity contribution is 5.75. The number of halogens is 1. The van der Waals surface area contributed by atoms with Crippen LogP contribution in [0, 0.1) is 12.7 Å². The van der Waals surface area contributed by atoms with Crippen LogP contribution in [-0.4, -0.2) is 19.7 Å². The predicted octanol–water partition coefficient (Wildman–Crippen LogP) is 1.56. The van der Waals surface area contributed by atoms with Gasteiger partial charge in [-0.15, -0.1) is 0 Å². The summed E-state index contributed by atoms with van der Waals surface area (Å²) in [5.74, 6) is -0.307. The Kier molecular flexibility index (Phi) is 2.22. The summed E-state index contributed by atoms with van der Waals surface area (Å²) in [6, 6.07) is 4.37. The topological polar surface area (TPSA) is 63.6 Å². The van der Waals surface area contributed by atoms with Crippen molar-refractivity contribution in [3.63, 3.8) is 0 Å². The Morgan fingerprint density at radius 1 is 1.39 bits per heavy atom. The predicted molar refractivity (Wildman–Crippen MR) is 64.2 cm³/mol. The van der Waals surface area contributed by atoms with Crippen LogP contribution in [0.2, 0.25) is 0 Å². The van der Waals surface area contributed by atoms with Crippen LogP contribution in [0.1, 0.15) is 5.56 Å². The number of hydrogen-bond donors (Lipinski definition) is 1. The van der Waals surface area contributed by atoms with Crippen molar-refractivity contribution in [2.75, 3.05) is 0 Å². The second-order valence-electron chi connectivity index (χ2n) is 3.96. The molecule has 5 nitrogen and oxygen atoms in total. The molecule has 0 aliphatic carbocycles. The summed E-state index contributed by atoms with van der Waals surface area (Å²) in [6.45, 7) is 1.78. The summed E-state index contributed by atoms with van der Waals surface area (Å²) < 4.78 is 14.6. The molecule has 0 unspecified atom stereocenters. The minimum absolute atomic E-state index is 0.244. The molecule has 0 fully saturated rings. The van der Waals surface area contributed by atoms with Crippen LogP contribution >= 0.6 is 0 Å². The van der Waals surface area contributed by atoms with Crippen LogP contribution in [0.3, 0.4) is 0 Å². The van der Waals surface area contributed by atoms with Crippen LogP contribution in [0.5, 0.6) is 0 Å². The van der Waals surface area contributed by atoms with E-state index in [9.17, 15) is 9.18 Å². The molecule has 0 aliphatic rings. The maximum Gasteiger partial charge on any atom is 0.261 e. The van der Waals surface area contributed by atoms with E-state index in [1.54, 1.807) is 13.0 Å². The first-order valence-corrected chi connectivity index (χ1v) is 5.35. The fourth-order valence-electron chi connectivity index (χ4n) is 1.89. The van der Waals surface area contributed by atoms with Crippen LogP contribution in [0.25, 0.3) is 16.7 Å². The van der Waals surface area contributed by atoms with Gasteiger partial charge in [0.25, 0.3) is 5.56 Å². The highest BCUT2D eigenvalue weighted by atomic mass is 19.1. The van der Waals surface area contributed by atoms with Crippen LogP contribution in [0.15, 0.2) is 35.5 Å². The molecule has 0 bridgehead atoms. The van der Waals surface area contributed by atoms with Crippen LogP contribution < -0.4 is 5.56 Å². The molecule has 3 aromatic rings. The van der Waals surface area contributed by atoms with E-state index in [0.29, 0.717) is 16.7 Å². The molecule has 0 aliphatic heterocycles. The van der Waals surface area contributed by atoms with E-state index in [0.717, 1.165) is 5.56 Å². The van der Waals surface area contributed by atoms with Gasteiger partial charge in [-0.2, -0.15) is 5.10 Å². The Bertz CT molecular complexity index is 790. The van der Waals surface area contributed by atoms with Gasteiger partial charge in [-0.05, 0) is 30.7 Å². The standard InChI is InChI=1S/C12H9FN4O/c1-7-4-8(13)2-3-10(7)17-11-9(5-16-17)12(18)15-6-14-11/h2-6H,1H3,(H,14,15,18). The first-order chi connectivity index (χ1) is 8.66. The van der Waals surface area contributed by atoms with Crippen molar-refractivity contribution < 1.29 is 4.39 Å². The molecule has 0 saturated heterocycles. The van der Waals surface area contributed by atoms with Gasteiger partial charge in [0.1, 0.15) is 11.2 Å². The van der Waals surface area contributed by atoms with Gasteiger partial charge >= 0.3 is 0 Å². The molecule has 1 N–H and O–H groups in total. The fraction of sp³-hybridized carbons (Fsp3) is 0.0833. The number of aryl methyl sites for hydroxylation is 1. The molecule has 0 atom stereocenters. The Morgan fingerprint density at radius 3 is 3.00 bits per heavy atom. The zero-order valence-corrected chi connectivity index (χ0v) is 9.51. The summed E-state index contributed by atoms with van der Waals surface area (Å²) >= 11 is 0. The molecule has 1 aromatic carbocycles. The summed E-state index contributed by atoms with van der Waals surface area (Å²) in [4.78, 5) is 18.1. The van der Waals surface area contributed by atoms with Crippen molar-refractivity contribution in [3.05, 3.63) is 52.5 Å². The maximum atomic E-state index is 13.1. The number of benzene rings is 1. The molecule has 18 heavy (non-hydrogen) atoms. The Hall–Kier alpha value is -2.50. The first kappa shape index (κ1) is 10.6. The average molecular weight is 244 g/mol. The third-order valence-electron chi connectivity index (χ3n) is 2.76. The number of H-pyrrole nitrogens is 1. The van der Waals surface area contributed by atoms with E-state index in [1.165, 1.54) is 29.3 Å². The normalized spacial score (nSPS) is 11.0. The van der Waals surface area contributed by atoms with Gasteiger partial charge in [-0.3, -0.25) is 4.79 Å². The van der Waals surface area contributed by atoms with E-state index in [2.05, 4.69) is 15.1 Å². The number of aromatic nitrogens is 4. The molecular formula is C12H9FN4O. The zero-order valence-electron chi connectivity index (χ0n) is 9.51. The number of rotatable bonds is 1. The van der Waals surface area contributed by atoms with E-state index in [-0.39, 0.29) is 11.4 Å². The van der Waals surface area contributed by atoms with Crippen molar-refractivity contribution in [1.82, 2.24) is 19.7 Å². The zero-order chi connectivity index (χ0) is 12.7. The molecule has 0 spiro atoms. The fourth-order valence-corrected chi connectivity index (χ4v) is 1.89. The van der Waals surface area contributed by atoms with E-state index in [1.807, 2.05) is 0 Å². The monoisotopic (exact) mass is 244 g/mol. The lowest BCUT2D eigenvalue weighted by molar-refractivity contribution is 0.625. The highest BCUT2D eigenvalue weighted by Crippen LogP contribution is 2.17. The third kappa shape index (κ3) is 1.50. The molecule has 2 aromatic heterocycles. The lowest BCUT2D eigenvalue weighted by Crippen LogP contribution is -2.07. The van der Waals surface area contributed by atoms with Gasteiger partial charge < -0.3 is 4.98 Å². The van der Waals surface area contributed by atoms with E-state index >= 15 is 0 Å². The van der Waals surface area contributed by atoms with E-state index < -0.39 is 0 Å². The van der Waals surface area contributed by atoms with Crippen molar-refractivity contribution in [1.29, 1.82) is 0 Å².